The lowest BCUT2D eigenvalue weighted by atomic mass is 10.2. The van der Waals surface area contributed by atoms with Crippen LogP contribution in [0.15, 0.2) is 60.7 Å². The van der Waals surface area contributed by atoms with E-state index in [4.69, 9.17) is 9.47 Å². The molecular formula is C22H24N2O6S2. The average molecular weight is 477 g/mol. The lowest BCUT2D eigenvalue weighted by Crippen LogP contribution is -2.44. The maximum atomic E-state index is 12.4. The van der Waals surface area contributed by atoms with Crippen molar-refractivity contribution in [2.75, 3.05) is 25.7 Å². The van der Waals surface area contributed by atoms with Crippen LogP contribution in [-0.4, -0.2) is 61.6 Å². The van der Waals surface area contributed by atoms with E-state index in [2.05, 4.69) is 10.6 Å². The molecule has 0 radical (unpaired) electrons. The van der Waals surface area contributed by atoms with Gasteiger partial charge in [0.15, 0.2) is 0 Å². The molecule has 0 saturated carbocycles. The molecule has 0 bridgehead atoms. The molecule has 0 aliphatic rings. The predicted octanol–water partition coefficient (Wildman–Crippen LogP) is 2.31. The number of amides is 2. The summed E-state index contributed by atoms with van der Waals surface area (Å²) in [5.74, 6) is -1.54. The topological polar surface area (TPSA) is 111 Å². The number of ether oxygens (including phenoxy) is 2. The van der Waals surface area contributed by atoms with Crippen molar-refractivity contribution in [2.24, 2.45) is 0 Å². The highest BCUT2D eigenvalue weighted by atomic mass is 33.1. The van der Waals surface area contributed by atoms with Crippen molar-refractivity contribution in [3.8, 4) is 0 Å². The van der Waals surface area contributed by atoms with Gasteiger partial charge in [-0.15, -0.1) is 0 Å². The summed E-state index contributed by atoms with van der Waals surface area (Å²) >= 11 is 0. The molecule has 0 aliphatic carbocycles. The average Bonchev–Trinajstić information content (AvgIpc) is 2.84. The van der Waals surface area contributed by atoms with Gasteiger partial charge in [0, 0.05) is 22.6 Å². The van der Waals surface area contributed by atoms with E-state index in [0.717, 1.165) is 0 Å². The Morgan fingerprint density at radius 2 is 1.03 bits per heavy atom. The minimum Gasteiger partial charge on any atom is -0.467 e. The van der Waals surface area contributed by atoms with Crippen molar-refractivity contribution < 1.29 is 28.7 Å². The van der Waals surface area contributed by atoms with Crippen LogP contribution in [0.2, 0.25) is 0 Å². The molecule has 0 saturated heterocycles. The molecular weight excluding hydrogens is 452 g/mol. The van der Waals surface area contributed by atoms with E-state index < -0.39 is 35.8 Å². The third-order valence-electron chi connectivity index (χ3n) is 4.21. The molecule has 2 rings (SSSR count). The van der Waals surface area contributed by atoms with Crippen LogP contribution >= 0.6 is 21.6 Å². The van der Waals surface area contributed by atoms with Gasteiger partial charge in [-0.25, -0.2) is 9.59 Å². The Labute approximate surface area is 194 Å². The number of rotatable bonds is 11. The summed E-state index contributed by atoms with van der Waals surface area (Å²) in [6, 6.07) is 15.3. The zero-order chi connectivity index (χ0) is 23.3. The first kappa shape index (κ1) is 25.3. The first-order valence-electron chi connectivity index (χ1n) is 9.58. The highest BCUT2D eigenvalue weighted by Gasteiger charge is 2.25. The molecule has 0 unspecified atom stereocenters. The Kier molecular flexibility index (Phi) is 10.6. The fraction of sp³-hybridized carbons (Fsp3) is 0.273. The highest BCUT2D eigenvalue weighted by Crippen LogP contribution is 2.24. The number of hydrogen-bond acceptors (Lipinski definition) is 8. The van der Waals surface area contributed by atoms with Gasteiger partial charge in [0.25, 0.3) is 11.8 Å². The van der Waals surface area contributed by atoms with Crippen LogP contribution in [0.1, 0.15) is 20.7 Å². The van der Waals surface area contributed by atoms with Gasteiger partial charge in [-0.05, 0) is 24.3 Å². The first-order valence-corrected chi connectivity index (χ1v) is 12.1. The monoisotopic (exact) mass is 476 g/mol. The van der Waals surface area contributed by atoms with Gasteiger partial charge < -0.3 is 20.1 Å². The smallest absolute Gasteiger partial charge is 0.329 e. The molecule has 170 valence electrons. The van der Waals surface area contributed by atoms with E-state index in [0.29, 0.717) is 11.1 Å². The Morgan fingerprint density at radius 1 is 0.688 bits per heavy atom. The summed E-state index contributed by atoms with van der Waals surface area (Å²) in [4.78, 5) is 48.9. The lowest BCUT2D eigenvalue weighted by molar-refractivity contribution is -0.143. The van der Waals surface area contributed by atoms with E-state index in [9.17, 15) is 19.2 Å². The number of benzene rings is 2. The maximum absolute atomic E-state index is 12.4. The van der Waals surface area contributed by atoms with Gasteiger partial charge >= 0.3 is 11.9 Å². The minimum atomic E-state index is -0.874. The van der Waals surface area contributed by atoms with Crippen molar-refractivity contribution in [3.05, 3.63) is 71.8 Å². The van der Waals surface area contributed by atoms with E-state index in [1.165, 1.54) is 35.8 Å². The molecule has 32 heavy (non-hydrogen) atoms. The standard InChI is InChI=1S/C22H24N2O6S2/c1-29-21(27)17(23-19(25)15-9-5-3-6-10-15)13-31-32-14-18(22(28)30-2)24-20(26)16-11-7-4-8-12-16/h3-12,17-18H,13-14H2,1-2H3,(H,23,25)(H,24,26)/t17-,18-/m1/s1. The van der Waals surface area contributed by atoms with Crippen LogP contribution < -0.4 is 10.6 Å². The number of hydrogen-bond donors (Lipinski definition) is 2. The van der Waals surface area contributed by atoms with Crippen LogP contribution in [0.25, 0.3) is 0 Å². The third-order valence-corrected chi connectivity index (χ3v) is 6.63. The largest absolute Gasteiger partial charge is 0.467 e. The van der Waals surface area contributed by atoms with Crippen LogP contribution in [-0.2, 0) is 19.1 Å². The second kappa shape index (κ2) is 13.4. The molecule has 2 aromatic rings. The molecule has 0 aliphatic heterocycles. The lowest BCUT2D eigenvalue weighted by Gasteiger charge is -2.18. The van der Waals surface area contributed by atoms with Crippen LogP contribution in [0.5, 0.6) is 0 Å². The van der Waals surface area contributed by atoms with Gasteiger partial charge in [0.1, 0.15) is 12.1 Å². The molecule has 0 fully saturated rings. The fourth-order valence-electron chi connectivity index (χ4n) is 2.52. The SMILES string of the molecule is COC(=O)[C@@H](CSSC[C@@H](NC(=O)c1ccccc1)C(=O)OC)NC(=O)c1ccccc1. The number of methoxy groups -OCH3 is 2. The Balaban J connectivity index is 1.90. The van der Waals surface area contributed by atoms with E-state index in [-0.39, 0.29) is 11.5 Å². The van der Waals surface area contributed by atoms with Crippen molar-refractivity contribution in [2.45, 2.75) is 12.1 Å². The quantitative estimate of drug-likeness (QED) is 0.289. The van der Waals surface area contributed by atoms with Crippen molar-refractivity contribution in [3.63, 3.8) is 0 Å². The molecule has 2 atom stereocenters. The van der Waals surface area contributed by atoms with Gasteiger partial charge in [0.05, 0.1) is 14.2 Å². The summed E-state index contributed by atoms with van der Waals surface area (Å²) in [5, 5.41) is 5.30. The van der Waals surface area contributed by atoms with E-state index in [1.54, 1.807) is 60.7 Å². The zero-order valence-electron chi connectivity index (χ0n) is 17.6. The van der Waals surface area contributed by atoms with E-state index >= 15 is 0 Å². The summed E-state index contributed by atoms with van der Waals surface area (Å²) < 4.78 is 9.55. The number of carbonyl (C=O) groups is 4. The Hall–Kier alpha value is -2.98. The molecule has 8 nitrogen and oxygen atoms in total. The van der Waals surface area contributed by atoms with Crippen LogP contribution in [0.3, 0.4) is 0 Å². The van der Waals surface area contributed by atoms with Crippen molar-refractivity contribution in [1.82, 2.24) is 10.6 Å². The molecule has 0 spiro atoms. The zero-order valence-corrected chi connectivity index (χ0v) is 19.2. The van der Waals surface area contributed by atoms with Gasteiger partial charge in [-0.3, -0.25) is 9.59 Å². The predicted molar refractivity (Wildman–Crippen MR) is 124 cm³/mol. The normalized spacial score (nSPS) is 12.2. The maximum Gasteiger partial charge on any atom is 0.329 e. The summed E-state index contributed by atoms with van der Waals surface area (Å²) in [7, 11) is 5.02. The molecule has 0 heterocycles. The molecule has 0 aromatic heterocycles. The van der Waals surface area contributed by atoms with Crippen molar-refractivity contribution >= 4 is 45.3 Å². The van der Waals surface area contributed by atoms with Crippen LogP contribution in [0, 0.1) is 0 Å². The van der Waals surface area contributed by atoms with Crippen LogP contribution in [0.4, 0.5) is 0 Å². The van der Waals surface area contributed by atoms with Gasteiger partial charge in [0.2, 0.25) is 0 Å². The third kappa shape index (κ3) is 7.93. The number of nitrogens with one attached hydrogen (secondary N) is 2. The minimum absolute atomic E-state index is 0.205. The van der Waals surface area contributed by atoms with E-state index in [1.807, 2.05) is 0 Å². The van der Waals surface area contributed by atoms with Gasteiger partial charge in [-0.1, -0.05) is 58.0 Å². The second-order valence-electron chi connectivity index (χ2n) is 6.40. The summed E-state index contributed by atoms with van der Waals surface area (Å²) in [6.45, 7) is 0. The molecule has 2 aromatic carbocycles. The highest BCUT2D eigenvalue weighted by molar-refractivity contribution is 8.76. The molecule has 2 amide bonds. The molecule has 10 heteroatoms. The summed E-state index contributed by atoms with van der Waals surface area (Å²) in [6.07, 6.45) is 0. The summed E-state index contributed by atoms with van der Waals surface area (Å²) in [5.41, 5.74) is 0.849. The number of esters is 2. The fourth-order valence-corrected chi connectivity index (χ4v) is 4.81. The number of carbonyl (C=O) groups excluding carboxylic acids is 4. The van der Waals surface area contributed by atoms with Crippen molar-refractivity contribution in [1.29, 1.82) is 0 Å². The Bertz CT molecular complexity index is 836. The van der Waals surface area contributed by atoms with Gasteiger partial charge in [-0.2, -0.15) is 0 Å². The first-order chi connectivity index (χ1) is 15.5. The Morgan fingerprint density at radius 3 is 1.34 bits per heavy atom. The molecule has 2 N–H and O–H groups in total. The second-order valence-corrected chi connectivity index (χ2v) is 8.95.